The Labute approximate surface area is 153 Å². The quantitative estimate of drug-likeness (QED) is 0.842. The van der Waals surface area contributed by atoms with E-state index in [1.807, 2.05) is 12.3 Å². The molecule has 2 fully saturated rings. The predicted octanol–water partition coefficient (Wildman–Crippen LogP) is 3.12. The van der Waals surface area contributed by atoms with E-state index in [1.165, 1.54) is 12.5 Å². The summed E-state index contributed by atoms with van der Waals surface area (Å²) in [5.41, 5.74) is 0.982. The van der Waals surface area contributed by atoms with Crippen LogP contribution in [0.4, 0.5) is 10.2 Å². The first kappa shape index (κ1) is 17.2. The average molecular weight is 356 g/mol. The number of aromatic nitrogens is 2. The molecule has 0 amide bonds. The van der Waals surface area contributed by atoms with Gasteiger partial charge in [0.1, 0.15) is 17.4 Å². The van der Waals surface area contributed by atoms with Gasteiger partial charge in [-0.15, -0.1) is 0 Å². The first-order chi connectivity index (χ1) is 12.7. The van der Waals surface area contributed by atoms with Gasteiger partial charge < -0.3 is 9.64 Å². The Morgan fingerprint density at radius 3 is 2.92 bits per heavy atom. The second-order valence-electron chi connectivity index (χ2n) is 7.51. The zero-order chi connectivity index (χ0) is 18.0. The Morgan fingerprint density at radius 2 is 2.12 bits per heavy atom. The van der Waals surface area contributed by atoms with E-state index in [0.29, 0.717) is 17.9 Å². The number of ether oxygens (including phenoxy) is 1. The number of anilines is 1. The van der Waals surface area contributed by atoms with Crippen LogP contribution in [-0.2, 0) is 6.54 Å². The van der Waals surface area contributed by atoms with Crippen molar-refractivity contribution >= 4 is 5.82 Å². The van der Waals surface area contributed by atoms with Gasteiger partial charge in [-0.3, -0.25) is 9.88 Å². The van der Waals surface area contributed by atoms with E-state index in [-0.39, 0.29) is 11.2 Å². The highest BCUT2D eigenvalue weighted by atomic mass is 19.1. The Balaban J connectivity index is 1.45. The van der Waals surface area contributed by atoms with Crippen LogP contribution in [-0.4, -0.2) is 48.2 Å². The molecule has 0 saturated carbocycles. The van der Waals surface area contributed by atoms with E-state index < -0.39 is 0 Å². The van der Waals surface area contributed by atoms with Crippen molar-refractivity contribution in [1.29, 1.82) is 0 Å². The van der Waals surface area contributed by atoms with E-state index >= 15 is 0 Å². The predicted molar refractivity (Wildman–Crippen MR) is 98.8 cm³/mol. The van der Waals surface area contributed by atoms with Crippen molar-refractivity contribution in [2.24, 2.45) is 5.41 Å². The lowest BCUT2D eigenvalue weighted by Crippen LogP contribution is -2.44. The Kier molecular flexibility index (Phi) is 4.76. The number of hydrogen-bond acceptors (Lipinski definition) is 5. The maximum atomic E-state index is 14.2. The van der Waals surface area contributed by atoms with Crippen molar-refractivity contribution in [1.82, 2.24) is 14.9 Å². The van der Waals surface area contributed by atoms with Gasteiger partial charge in [-0.25, -0.2) is 9.37 Å². The second kappa shape index (κ2) is 7.19. The van der Waals surface area contributed by atoms with Crippen molar-refractivity contribution in [3.63, 3.8) is 0 Å². The highest BCUT2D eigenvalue weighted by Gasteiger charge is 2.41. The summed E-state index contributed by atoms with van der Waals surface area (Å²) >= 11 is 0. The van der Waals surface area contributed by atoms with Gasteiger partial charge in [-0.2, -0.15) is 0 Å². The summed E-state index contributed by atoms with van der Waals surface area (Å²) in [5.74, 6) is 1.51. The monoisotopic (exact) mass is 356 g/mol. The van der Waals surface area contributed by atoms with Crippen LogP contribution in [0.3, 0.4) is 0 Å². The third-order valence-electron chi connectivity index (χ3n) is 5.70. The lowest BCUT2D eigenvalue weighted by atomic mass is 9.79. The number of nitrogens with zero attached hydrogens (tertiary/aromatic N) is 4. The lowest BCUT2D eigenvalue weighted by molar-refractivity contribution is 0.0981. The molecule has 5 nitrogen and oxygen atoms in total. The Hall–Kier alpha value is -2.21. The Bertz CT molecular complexity index is 757. The van der Waals surface area contributed by atoms with Crippen LogP contribution in [0, 0.1) is 11.2 Å². The fourth-order valence-electron chi connectivity index (χ4n) is 4.40. The molecule has 0 aliphatic carbocycles. The second-order valence-corrected chi connectivity index (χ2v) is 7.51. The fourth-order valence-corrected chi connectivity index (χ4v) is 4.40. The molecular weight excluding hydrogens is 331 g/mol. The van der Waals surface area contributed by atoms with Gasteiger partial charge >= 0.3 is 0 Å². The molecule has 1 aromatic carbocycles. The molecule has 2 saturated heterocycles. The molecule has 2 aliphatic rings. The summed E-state index contributed by atoms with van der Waals surface area (Å²) in [6.07, 6.45) is 8.83. The molecule has 4 rings (SSSR count). The number of benzene rings is 1. The summed E-state index contributed by atoms with van der Waals surface area (Å²) in [6, 6.07) is 4.99. The number of halogens is 1. The average Bonchev–Trinajstić information content (AvgIpc) is 3.07. The normalized spacial score (nSPS) is 23.5. The molecule has 138 valence electrons. The SMILES string of the molecule is COc1ccc(F)c(CN2CCCC3(CCN(c4cnccn4)C3)C2)c1. The van der Waals surface area contributed by atoms with Gasteiger partial charge in [0.25, 0.3) is 0 Å². The van der Waals surface area contributed by atoms with E-state index in [4.69, 9.17) is 4.74 Å². The van der Waals surface area contributed by atoms with Crippen LogP contribution < -0.4 is 9.64 Å². The minimum absolute atomic E-state index is 0.155. The van der Waals surface area contributed by atoms with E-state index in [1.54, 1.807) is 25.6 Å². The van der Waals surface area contributed by atoms with Crippen LogP contribution in [0.15, 0.2) is 36.8 Å². The molecule has 2 aliphatic heterocycles. The van der Waals surface area contributed by atoms with Crippen LogP contribution in [0.5, 0.6) is 5.75 Å². The highest BCUT2D eigenvalue weighted by molar-refractivity contribution is 5.37. The fraction of sp³-hybridized carbons (Fsp3) is 0.500. The summed E-state index contributed by atoms with van der Waals surface area (Å²) in [6.45, 7) is 4.67. The van der Waals surface area contributed by atoms with Crippen LogP contribution in [0.1, 0.15) is 24.8 Å². The maximum Gasteiger partial charge on any atom is 0.147 e. The molecule has 2 aromatic rings. The van der Waals surface area contributed by atoms with E-state index in [9.17, 15) is 4.39 Å². The van der Waals surface area contributed by atoms with E-state index in [2.05, 4.69) is 19.8 Å². The summed E-state index contributed by atoms with van der Waals surface area (Å²) < 4.78 is 19.5. The summed E-state index contributed by atoms with van der Waals surface area (Å²) in [5, 5.41) is 0. The lowest BCUT2D eigenvalue weighted by Gasteiger charge is -2.40. The number of methoxy groups -OCH3 is 1. The van der Waals surface area contributed by atoms with E-state index in [0.717, 1.165) is 44.8 Å². The third-order valence-corrected chi connectivity index (χ3v) is 5.70. The van der Waals surface area contributed by atoms with Gasteiger partial charge in [-0.1, -0.05) is 0 Å². The van der Waals surface area contributed by atoms with Gasteiger partial charge in [0.05, 0.1) is 13.3 Å². The smallest absolute Gasteiger partial charge is 0.147 e. The molecule has 0 N–H and O–H groups in total. The van der Waals surface area contributed by atoms with Crippen molar-refractivity contribution in [2.75, 3.05) is 38.2 Å². The summed E-state index contributed by atoms with van der Waals surface area (Å²) in [4.78, 5) is 13.4. The van der Waals surface area contributed by atoms with Crippen LogP contribution in [0.25, 0.3) is 0 Å². The maximum absolute atomic E-state index is 14.2. The number of hydrogen-bond donors (Lipinski definition) is 0. The molecule has 1 aromatic heterocycles. The number of piperidine rings is 1. The van der Waals surface area contributed by atoms with Crippen molar-refractivity contribution in [3.05, 3.63) is 48.2 Å². The number of rotatable bonds is 4. The molecule has 6 heteroatoms. The summed E-state index contributed by atoms with van der Waals surface area (Å²) in [7, 11) is 1.62. The van der Waals surface area contributed by atoms with Gasteiger partial charge in [0.15, 0.2) is 0 Å². The van der Waals surface area contributed by atoms with Crippen molar-refractivity contribution in [3.8, 4) is 5.75 Å². The molecule has 1 atom stereocenters. The molecule has 0 radical (unpaired) electrons. The van der Waals surface area contributed by atoms with Gasteiger partial charge in [0, 0.05) is 49.6 Å². The largest absolute Gasteiger partial charge is 0.497 e. The minimum Gasteiger partial charge on any atom is -0.497 e. The van der Waals surface area contributed by atoms with Crippen LogP contribution in [0.2, 0.25) is 0 Å². The molecule has 3 heterocycles. The molecular formula is C20H25FN4O. The third kappa shape index (κ3) is 3.51. The van der Waals surface area contributed by atoms with Crippen molar-refractivity contribution < 1.29 is 9.13 Å². The van der Waals surface area contributed by atoms with Gasteiger partial charge in [0.2, 0.25) is 0 Å². The first-order valence-corrected chi connectivity index (χ1v) is 9.23. The molecule has 1 spiro atoms. The number of likely N-dealkylation sites (tertiary alicyclic amines) is 1. The molecule has 1 unspecified atom stereocenters. The standard InChI is InChI=1S/C20H25FN4O/c1-26-17-3-4-18(21)16(11-17)13-24-9-2-5-20(14-24)6-10-25(15-20)19-12-22-7-8-23-19/h3-4,7-8,11-12H,2,5-6,9-10,13-15H2,1H3. The van der Waals surface area contributed by atoms with Gasteiger partial charge in [-0.05, 0) is 44.0 Å². The zero-order valence-electron chi connectivity index (χ0n) is 15.2. The zero-order valence-corrected chi connectivity index (χ0v) is 15.2. The van der Waals surface area contributed by atoms with Crippen LogP contribution >= 0.6 is 0 Å². The molecule has 26 heavy (non-hydrogen) atoms. The van der Waals surface area contributed by atoms with Crippen molar-refractivity contribution in [2.45, 2.75) is 25.8 Å². The molecule has 0 bridgehead atoms. The Morgan fingerprint density at radius 1 is 1.19 bits per heavy atom. The minimum atomic E-state index is -0.155. The highest BCUT2D eigenvalue weighted by Crippen LogP contribution is 2.40. The first-order valence-electron chi connectivity index (χ1n) is 9.23. The topological polar surface area (TPSA) is 41.5 Å².